The van der Waals surface area contributed by atoms with Gasteiger partial charge in [-0.15, -0.1) is 12.3 Å². The summed E-state index contributed by atoms with van der Waals surface area (Å²) in [5.74, 6) is 2.50. The molecule has 0 spiro atoms. The highest BCUT2D eigenvalue weighted by Crippen LogP contribution is 2.12. The van der Waals surface area contributed by atoms with Gasteiger partial charge in [-0.1, -0.05) is 30.3 Å². The molecule has 3 heteroatoms. The standard InChI is InChI=1S/C15H19NO2/c1-2-3-4-8-11-15(18)16-14(12-17)13-9-6-5-7-10-13/h1,5-7,9-10,14,17H,3-4,8,11-12H2,(H,16,18). The van der Waals surface area contributed by atoms with Crippen molar-refractivity contribution in [3.63, 3.8) is 0 Å². The molecule has 96 valence electrons. The van der Waals surface area contributed by atoms with Crippen LogP contribution in [-0.2, 0) is 4.79 Å². The minimum Gasteiger partial charge on any atom is -0.394 e. The summed E-state index contributed by atoms with van der Waals surface area (Å²) in [5.41, 5.74) is 0.914. The van der Waals surface area contributed by atoms with Gasteiger partial charge in [-0.3, -0.25) is 4.79 Å². The Balaban J connectivity index is 2.39. The molecule has 0 bridgehead atoms. The monoisotopic (exact) mass is 245 g/mol. The SMILES string of the molecule is C#CCCCCC(=O)NC(CO)c1ccccc1. The molecule has 1 rings (SSSR count). The molecule has 1 aromatic carbocycles. The Morgan fingerprint density at radius 1 is 1.33 bits per heavy atom. The number of hydrogen-bond donors (Lipinski definition) is 2. The normalized spacial score (nSPS) is 11.6. The second-order valence-corrected chi connectivity index (χ2v) is 4.12. The summed E-state index contributed by atoms with van der Waals surface area (Å²) in [7, 11) is 0. The molecule has 0 fully saturated rings. The number of amides is 1. The molecule has 0 radical (unpaired) electrons. The minimum absolute atomic E-state index is 0.0464. The Bertz CT molecular complexity index is 395. The molecular formula is C15H19NO2. The van der Waals surface area contributed by atoms with E-state index in [2.05, 4.69) is 11.2 Å². The first-order chi connectivity index (χ1) is 8.77. The van der Waals surface area contributed by atoms with Crippen molar-refractivity contribution in [2.75, 3.05) is 6.61 Å². The topological polar surface area (TPSA) is 49.3 Å². The predicted octanol–water partition coefficient (Wildman–Crippen LogP) is 2.03. The smallest absolute Gasteiger partial charge is 0.220 e. The summed E-state index contributed by atoms with van der Waals surface area (Å²) in [6.07, 6.45) is 7.93. The zero-order chi connectivity index (χ0) is 13.2. The fraction of sp³-hybridized carbons (Fsp3) is 0.400. The van der Waals surface area contributed by atoms with Crippen molar-refractivity contribution in [2.24, 2.45) is 0 Å². The van der Waals surface area contributed by atoms with E-state index in [4.69, 9.17) is 6.42 Å². The maximum Gasteiger partial charge on any atom is 0.220 e. The molecule has 0 aliphatic heterocycles. The van der Waals surface area contributed by atoms with Gasteiger partial charge in [0.1, 0.15) is 0 Å². The quantitative estimate of drug-likeness (QED) is 0.570. The Morgan fingerprint density at radius 2 is 2.06 bits per heavy atom. The summed E-state index contributed by atoms with van der Waals surface area (Å²) >= 11 is 0. The molecule has 1 aromatic rings. The van der Waals surface area contributed by atoms with E-state index < -0.39 is 0 Å². The van der Waals surface area contributed by atoms with Crippen LogP contribution in [0.1, 0.15) is 37.3 Å². The van der Waals surface area contributed by atoms with Crippen molar-refractivity contribution < 1.29 is 9.90 Å². The number of rotatable bonds is 7. The molecule has 0 aliphatic carbocycles. The van der Waals surface area contributed by atoms with E-state index in [0.29, 0.717) is 12.8 Å². The second-order valence-electron chi connectivity index (χ2n) is 4.12. The number of carbonyl (C=O) groups excluding carboxylic acids is 1. The minimum atomic E-state index is -0.327. The van der Waals surface area contributed by atoms with Gasteiger partial charge in [0.15, 0.2) is 0 Å². The first-order valence-corrected chi connectivity index (χ1v) is 6.16. The zero-order valence-electron chi connectivity index (χ0n) is 10.4. The van der Waals surface area contributed by atoms with Crippen LogP contribution in [0.2, 0.25) is 0 Å². The van der Waals surface area contributed by atoms with Crippen molar-refractivity contribution in [1.82, 2.24) is 5.32 Å². The van der Waals surface area contributed by atoms with Crippen LogP contribution in [0, 0.1) is 12.3 Å². The lowest BCUT2D eigenvalue weighted by molar-refractivity contribution is -0.122. The molecule has 0 heterocycles. The van der Waals surface area contributed by atoms with Crippen LogP contribution < -0.4 is 5.32 Å². The van der Waals surface area contributed by atoms with Crippen LogP contribution in [0.4, 0.5) is 0 Å². The Kier molecular flexibility index (Phi) is 6.60. The zero-order valence-corrected chi connectivity index (χ0v) is 10.4. The van der Waals surface area contributed by atoms with Gasteiger partial charge in [0.2, 0.25) is 5.91 Å². The fourth-order valence-electron chi connectivity index (χ4n) is 1.70. The number of aliphatic hydroxyl groups excluding tert-OH is 1. The van der Waals surface area contributed by atoms with E-state index in [1.54, 1.807) is 0 Å². The Labute approximate surface area is 108 Å². The average Bonchev–Trinajstić information content (AvgIpc) is 2.42. The van der Waals surface area contributed by atoms with Gasteiger partial charge in [0.05, 0.1) is 12.6 Å². The highest BCUT2D eigenvalue weighted by Gasteiger charge is 2.12. The third kappa shape index (κ3) is 5.03. The number of aliphatic hydroxyl groups is 1. The van der Waals surface area contributed by atoms with E-state index in [-0.39, 0.29) is 18.6 Å². The lowest BCUT2D eigenvalue weighted by Crippen LogP contribution is -2.30. The van der Waals surface area contributed by atoms with Crippen LogP contribution in [0.5, 0.6) is 0 Å². The molecular weight excluding hydrogens is 226 g/mol. The first-order valence-electron chi connectivity index (χ1n) is 6.16. The van der Waals surface area contributed by atoms with Crippen LogP contribution in [-0.4, -0.2) is 17.6 Å². The third-order valence-electron chi connectivity index (χ3n) is 2.69. The van der Waals surface area contributed by atoms with E-state index >= 15 is 0 Å². The molecule has 3 nitrogen and oxygen atoms in total. The maximum atomic E-state index is 11.7. The molecule has 0 saturated carbocycles. The average molecular weight is 245 g/mol. The van der Waals surface area contributed by atoms with Gasteiger partial charge in [0.25, 0.3) is 0 Å². The third-order valence-corrected chi connectivity index (χ3v) is 2.69. The molecule has 1 amide bonds. The van der Waals surface area contributed by atoms with Gasteiger partial charge >= 0.3 is 0 Å². The number of benzene rings is 1. The number of carbonyl (C=O) groups is 1. The summed E-state index contributed by atoms with van der Waals surface area (Å²) in [6.45, 7) is -0.0971. The molecule has 1 unspecified atom stereocenters. The van der Waals surface area contributed by atoms with Gasteiger partial charge < -0.3 is 10.4 Å². The Hall–Kier alpha value is -1.79. The van der Waals surface area contributed by atoms with Crippen molar-refractivity contribution in [2.45, 2.75) is 31.7 Å². The van der Waals surface area contributed by atoms with Crippen LogP contribution in [0.15, 0.2) is 30.3 Å². The lowest BCUT2D eigenvalue weighted by atomic mass is 10.1. The Morgan fingerprint density at radius 3 is 2.67 bits per heavy atom. The highest BCUT2D eigenvalue weighted by atomic mass is 16.3. The lowest BCUT2D eigenvalue weighted by Gasteiger charge is -2.16. The second kappa shape index (κ2) is 8.32. The van der Waals surface area contributed by atoms with Crippen LogP contribution in [0.25, 0.3) is 0 Å². The van der Waals surface area contributed by atoms with Crippen LogP contribution in [0.3, 0.4) is 0 Å². The van der Waals surface area contributed by atoms with E-state index in [1.165, 1.54) is 0 Å². The van der Waals surface area contributed by atoms with Crippen molar-refractivity contribution in [1.29, 1.82) is 0 Å². The van der Waals surface area contributed by atoms with Gasteiger partial charge in [0, 0.05) is 12.8 Å². The summed E-state index contributed by atoms with van der Waals surface area (Å²) in [4.78, 5) is 11.7. The molecule has 18 heavy (non-hydrogen) atoms. The molecule has 0 saturated heterocycles. The first kappa shape index (κ1) is 14.3. The molecule has 0 aromatic heterocycles. The van der Waals surface area contributed by atoms with Crippen LogP contribution >= 0.6 is 0 Å². The van der Waals surface area contributed by atoms with Crippen molar-refractivity contribution in [3.8, 4) is 12.3 Å². The van der Waals surface area contributed by atoms with Gasteiger partial charge in [-0.2, -0.15) is 0 Å². The summed E-state index contributed by atoms with van der Waals surface area (Å²) < 4.78 is 0. The molecule has 1 atom stereocenters. The van der Waals surface area contributed by atoms with E-state index in [1.807, 2.05) is 30.3 Å². The van der Waals surface area contributed by atoms with Crippen molar-refractivity contribution in [3.05, 3.63) is 35.9 Å². The van der Waals surface area contributed by atoms with Crippen molar-refractivity contribution >= 4 is 5.91 Å². The van der Waals surface area contributed by atoms with E-state index in [9.17, 15) is 9.90 Å². The summed E-state index contributed by atoms with van der Waals surface area (Å²) in [5, 5.41) is 12.1. The molecule has 0 aliphatic rings. The van der Waals surface area contributed by atoms with E-state index in [0.717, 1.165) is 18.4 Å². The van der Waals surface area contributed by atoms with Gasteiger partial charge in [-0.25, -0.2) is 0 Å². The number of unbranched alkanes of at least 4 members (excludes halogenated alkanes) is 2. The molecule has 2 N–H and O–H groups in total. The fourth-order valence-corrected chi connectivity index (χ4v) is 1.70. The number of terminal acetylenes is 1. The number of hydrogen-bond acceptors (Lipinski definition) is 2. The highest BCUT2D eigenvalue weighted by molar-refractivity contribution is 5.76. The maximum absolute atomic E-state index is 11.7. The predicted molar refractivity (Wildman–Crippen MR) is 71.7 cm³/mol. The van der Waals surface area contributed by atoms with Gasteiger partial charge in [-0.05, 0) is 18.4 Å². The largest absolute Gasteiger partial charge is 0.394 e. The summed E-state index contributed by atoms with van der Waals surface area (Å²) in [6, 6.07) is 9.12. The number of nitrogens with one attached hydrogen (secondary N) is 1.